The third kappa shape index (κ3) is 2.78. The maximum absolute atomic E-state index is 12.5. The molecule has 0 saturated heterocycles. The van der Waals surface area contributed by atoms with Gasteiger partial charge in [-0.15, -0.1) is 0 Å². The Morgan fingerprint density at radius 2 is 1.59 bits per heavy atom. The predicted molar refractivity (Wildman–Crippen MR) is 80.8 cm³/mol. The molecule has 3 rings (SSSR count). The summed E-state index contributed by atoms with van der Waals surface area (Å²) in [6.07, 6.45) is 3.58. The van der Waals surface area contributed by atoms with E-state index in [4.69, 9.17) is 9.47 Å². The van der Waals surface area contributed by atoms with Crippen molar-refractivity contribution in [2.24, 2.45) is 0 Å². The first-order chi connectivity index (χ1) is 10.7. The fourth-order valence-electron chi connectivity index (χ4n) is 3.31. The number of ether oxygens (including phenoxy) is 2. The van der Waals surface area contributed by atoms with E-state index in [0.29, 0.717) is 24.3 Å². The SMILES string of the molecule is COCCO[C@H]1CC[C@H](N2C(=O)c3ccccc3C2=O)CC1. The zero-order chi connectivity index (χ0) is 15.5. The number of imide groups is 1. The van der Waals surface area contributed by atoms with E-state index in [1.54, 1.807) is 31.4 Å². The molecule has 2 amide bonds. The van der Waals surface area contributed by atoms with E-state index in [1.165, 1.54) is 4.90 Å². The Bertz CT molecular complexity index is 529. The van der Waals surface area contributed by atoms with Gasteiger partial charge in [-0.2, -0.15) is 0 Å². The zero-order valence-corrected chi connectivity index (χ0v) is 12.8. The van der Waals surface area contributed by atoms with Crippen molar-refractivity contribution in [1.29, 1.82) is 0 Å². The van der Waals surface area contributed by atoms with E-state index in [1.807, 2.05) is 0 Å². The molecule has 0 unspecified atom stereocenters. The molecule has 1 aliphatic heterocycles. The molecule has 1 aliphatic carbocycles. The summed E-state index contributed by atoms with van der Waals surface area (Å²) in [4.78, 5) is 26.4. The minimum atomic E-state index is -0.149. The van der Waals surface area contributed by atoms with Gasteiger partial charge in [0.1, 0.15) is 0 Å². The van der Waals surface area contributed by atoms with Gasteiger partial charge in [0.05, 0.1) is 30.4 Å². The molecule has 118 valence electrons. The Balaban J connectivity index is 1.61. The Kier molecular flexibility index (Phi) is 4.55. The van der Waals surface area contributed by atoms with Crippen LogP contribution in [0.25, 0.3) is 0 Å². The molecule has 22 heavy (non-hydrogen) atoms. The van der Waals surface area contributed by atoms with Gasteiger partial charge in [0.25, 0.3) is 11.8 Å². The number of benzene rings is 1. The third-order valence-electron chi connectivity index (χ3n) is 4.48. The van der Waals surface area contributed by atoms with Crippen molar-refractivity contribution < 1.29 is 19.1 Å². The molecule has 0 aromatic heterocycles. The summed E-state index contributed by atoms with van der Waals surface area (Å²) in [6, 6.07) is 7.06. The number of fused-ring (bicyclic) bond motifs is 1. The Hall–Kier alpha value is -1.72. The van der Waals surface area contributed by atoms with Crippen LogP contribution in [-0.2, 0) is 9.47 Å². The highest BCUT2D eigenvalue weighted by Gasteiger charge is 2.40. The lowest BCUT2D eigenvalue weighted by Crippen LogP contribution is -2.43. The molecule has 1 saturated carbocycles. The molecule has 0 N–H and O–H groups in total. The van der Waals surface area contributed by atoms with E-state index in [0.717, 1.165) is 25.7 Å². The lowest BCUT2D eigenvalue weighted by Gasteiger charge is -2.33. The van der Waals surface area contributed by atoms with E-state index < -0.39 is 0 Å². The summed E-state index contributed by atoms with van der Waals surface area (Å²) >= 11 is 0. The number of hydrogen-bond acceptors (Lipinski definition) is 4. The van der Waals surface area contributed by atoms with Crippen LogP contribution < -0.4 is 0 Å². The summed E-state index contributed by atoms with van der Waals surface area (Å²) in [5.74, 6) is -0.297. The Morgan fingerprint density at radius 1 is 1.00 bits per heavy atom. The quantitative estimate of drug-likeness (QED) is 0.618. The molecule has 1 fully saturated rings. The number of hydrogen-bond donors (Lipinski definition) is 0. The second-order valence-electron chi connectivity index (χ2n) is 5.82. The minimum Gasteiger partial charge on any atom is -0.382 e. The fourth-order valence-corrected chi connectivity index (χ4v) is 3.31. The molecule has 0 spiro atoms. The number of amides is 2. The van der Waals surface area contributed by atoms with Crippen LogP contribution in [0.2, 0.25) is 0 Å². The summed E-state index contributed by atoms with van der Waals surface area (Å²) < 4.78 is 10.7. The van der Waals surface area contributed by atoms with Crippen molar-refractivity contribution >= 4 is 11.8 Å². The van der Waals surface area contributed by atoms with Crippen LogP contribution >= 0.6 is 0 Å². The first-order valence-corrected chi connectivity index (χ1v) is 7.80. The molecule has 5 nitrogen and oxygen atoms in total. The molecule has 1 aromatic carbocycles. The smallest absolute Gasteiger partial charge is 0.261 e. The van der Waals surface area contributed by atoms with Crippen molar-refractivity contribution in [3.63, 3.8) is 0 Å². The van der Waals surface area contributed by atoms with Crippen molar-refractivity contribution in [3.8, 4) is 0 Å². The van der Waals surface area contributed by atoms with Crippen molar-refractivity contribution in [2.75, 3.05) is 20.3 Å². The molecule has 2 aliphatic rings. The van der Waals surface area contributed by atoms with E-state index in [-0.39, 0.29) is 24.0 Å². The first kappa shape index (κ1) is 15.2. The largest absolute Gasteiger partial charge is 0.382 e. The molecule has 1 aromatic rings. The number of carbonyl (C=O) groups excluding carboxylic acids is 2. The molecular formula is C17H21NO4. The number of carbonyl (C=O) groups is 2. The van der Waals surface area contributed by atoms with Crippen molar-refractivity contribution in [1.82, 2.24) is 4.90 Å². The van der Waals surface area contributed by atoms with Gasteiger partial charge < -0.3 is 9.47 Å². The Labute approximate surface area is 130 Å². The predicted octanol–water partition coefficient (Wildman–Crippen LogP) is 2.26. The van der Waals surface area contributed by atoms with E-state index >= 15 is 0 Å². The lowest BCUT2D eigenvalue weighted by atomic mass is 9.92. The summed E-state index contributed by atoms with van der Waals surface area (Å²) in [7, 11) is 1.66. The zero-order valence-electron chi connectivity index (χ0n) is 12.8. The maximum atomic E-state index is 12.5. The van der Waals surface area contributed by atoms with E-state index in [9.17, 15) is 9.59 Å². The topological polar surface area (TPSA) is 55.8 Å². The van der Waals surface area contributed by atoms with Gasteiger partial charge in [0.2, 0.25) is 0 Å². The van der Waals surface area contributed by atoms with Crippen LogP contribution in [0, 0.1) is 0 Å². The lowest BCUT2D eigenvalue weighted by molar-refractivity contribution is -0.0113. The summed E-state index contributed by atoms with van der Waals surface area (Å²) in [5.41, 5.74) is 1.07. The number of rotatable bonds is 5. The average Bonchev–Trinajstić information content (AvgIpc) is 2.81. The second kappa shape index (κ2) is 6.58. The highest BCUT2D eigenvalue weighted by Crippen LogP contribution is 2.31. The summed E-state index contributed by atoms with van der Waals surface area (Å²) in [6.45, 7) is 1.19. The van der Waals surface area contributed by atoms with Gasteiger partial charge in [-0.05, 0) is 37.8 Å². The standard InChI is InChI=1S/C17H21NO4/c1-21-10-11-22-13-8-6-12(7-9-13)18-16(19)14-4-2-3-5-15(14)17(18)20/h2-5,12-13H,6-11H2,1H3/t12-,13-. The van der Waals surface area contributed by atoms with Crippen molar-refractivity contribution in [2.45, 2.75) is 37.8 Å². The van der Waals surface area contributed by atoms with Gasteiger partial charge in [0.15, 0.2) is 0 Å². The van der Waals surface area contributed by atoms with E-state index in [2.05, 4.69) is 0 Å². The minimum absolute atomic E-state index is 0.00493. The van der Waals surface area contributed by atoms with Crippen LogP contribution in [0.1, 0.15) is 46.4 Å². The number of nitrogens with zero attached hydrogens (tertiary/aromatic N) is 1. The van der Waals surface area contributed by atoms with Gasteiger partial charge in [0, 0.05) is 13.2 Å². The van der Waals surface area contributed by atoms with Crippen LogP contribution in [0.15, 0.2) is 24.3 Å². The highest BCUT2D eigenvalue weighted by molar-refractivity contribution is 6.21. The van der Waals surface area contributed by atoms with Crippen LogP contribution in [-0.4, -0.2) is 49.2 Å². The average molecular weight is 303 g/mol. The van der Waals surface area contributed by atoms with Crippen LogP contribution in [0.4, 0.5) is 0 Å². The van der Waals surface area contributed by atoms with Crippen molar-refractivity contribution in [3.05, 3.63) is 35.4 Å². The van der Waals surface area contributed by atoms with Gasteiger partial charge in [-0.1, -0.05) is 12.1 Å². The van der Waals surface area contributed by atoms with Gasteiger partial charge in [-0.3, -0.25) is 14.5 Å². The molecule has 1 heterocycles. The normalized spacial score (nSPS) is 24.7. The first-order valence-electron chi connectivity index (χ1n) is 7.80. The number of methoxy groups -OCH3 is 1. The van der Waals surface area contributed by atoms with Crippen LogP contribution in [0.3, 0.4) is 0 Å². The van der Waals surface area contributed by atoms with Gasteiger partial charge >= 0.3 is 0 Å². The third-order valence-corrected chi connectivity index (χ3v) is 4.48. The molecule has 0 atom stereocenters. The van der Waals surface area contributed by atoms with Crippen LogP contribution in [0.5, 0.6) is 0 Å². The molecule has 0 bridgehead atoms. The fraction of sp³-hybridized carbons (Fsp3) is 0.529. The molecular weight excluding hydrogens is 282 g/mol. The summed E-state index contributed by atoms with van der Waals surface area (Å²) in [5, 5.41) is 0. The Morgan fingerprint density at radius 3 is 2.14 bits per heavy atom. The highest BCUT2D eigenvalue weighted by atomic mass is 16.5. The molecule has 5 heteroatoms. The van der Waals surface area contributed by atoms with Gasteiger partial charge in [-0.25, -0.2) is 0 Å². The monoisotopic (exact) mass is 303 g/mol. The molecule has 0 radical (unpaired) electrons. The maximum Gasteiger partial charge on any atom is 0.261 e. The second-order valence-corrected chi connectivity index (χ2v) is 5.82.